The Morgan fingerprint density at radius 3 is 2.06 bits per heavy atom. The maximum atomic E-state index is 11.7. The van der Waals surface area contributed by atoms with Gasteiger partial charge in [-0.25, -0.2) is 0 Å². The predicted molar refractivity (Wildman–Crippen MR) is 83.0 cm³/mol. The molecule has 0 aromatic heterocycles. The van der Waals surface area contributed by atoms with Gasteiger partial charge in [0.15, 0.2) is 5.12 Å². The van der Waals surface area contributed by atoms with Gasteiger partial charge in [0.25, 0.3) is 0 Å². The first kappa shape index (κ1) is 18.0. The highest BCUT2D eigenvalue weighted by atomic mass is 32.2. The Bertz CT molecular complexity index is 206. The molecule has 0 unspecified atom stereocenters. The van der Waals surface area contributed by atoms with Crippen LogP contribution in [0.5, 0.6) is 0 Å². The van der Waals surface area contributed by atoms with Gasteiger partial charge in [-0.05, 0) is 27.2 Å². The van der Waals surface area contributed by atoms with Crippen molar-refractivity contribution in [1.82, 2.24) is 0 Å². The lowest BCUT2D eigenvalue weighted by Crippen LogP contribution is -2.49. The van der Waals surface area contributed by atoms with Crippen molar-refractivity contribution in [3.8, 4) is 0 Å². The summed E-state index contributed by atoms with van der Waals surface area (Å²) >= 11 is 1.55. The topological polar surface area (TPSA) is 17.1 Å². The molecule has 18 heavy (non-hydrogen) atoms. The van der Waals surface area contributed by atoms with E-state index in [1.165, 1.54) is 38.9 Å². The molecular formula is C15H32NOS+. The van der Waals surface area contributed by atoms with E-state index < -0.39 is 0 Å². The lowest BCUT2D eigenvalue weighted by atomic mass is 10.2. The fourth-order valence-corrected chi connectivity index (χ4v) is 3.26. The number of hydrogen-bond donors (Lipinski definition) is 0. The van der Waals surface area contributed by atoms with Crippen LogP contribution in [0.2, 0.25) is 0 Å². The molecule has 0 rings (SSSR count). The van der Waals surface area contributed by atoms with Crippen LogP contribution in [-0.4, -0.2) is 41.5 Å². The van der Waals surface area contributed by atoms with Crippen LogP contribution < -0.4 is 0 Å². The molecule has 0 amide bonds. The van der Waals surface area contributed by atoms with Crippen LogP contribution in [0.25, 0.3) is 0 Å². The van der Waals surface area contributed by atoms with Crippen LogP contribution in [-0.2, 0) is 4.79 Å². The molecule has 108 valence electrons. The van der Waals surface area contributed by atoms with Gasteiger partial charge in [-0.2, -0.15) is 0 Å². The fourth-order valence-electron chi connectivity index (χ4n) is 2.27. The SMILES string of the molecule is CCCCCCC(=O)SCC[N+](CC)(CC)CC. The van der Waals surface area contributed by atoms with Crippen molar-refractivity contribution >= 4 is 16.9 Å². The van der Waals surface area contributed by atoms with Crippen LogP contribution in [0.15, 0.2) is 0 Å². The van der Waals surface area contributed by atoms with Crippen molar-refractivity contribution in [3.05, 3.63) is 0 Å². The Kier molecular flexibility index (Phi) is 10.8. The third-order valence-electron chi connectivity index (χ3n) is 4.08. The number of rotatable bonds is 11. The van der Waals surface area contributed by atoms with Crippen LogP contribution in [0, 0.1) is 0 Å². The average Bonchev–Trinajstić information content (AvgIpc) is 2.40. The summed E-state index contributed by atoms with van der Waals surface area (Å²) in [5.74, 6) is 0.988. The molecule has 0 radical (unpaired) electrons. The van der Waals surface area contributed by atoms with Crippen LogP contribution in [0.1, 0.15) is 59.8 Å². The van der Waals surface area contributed by atoms with Crippen molar-refractivity contribution in [3.63, 3.8) is 0 Å². The summed E-state index contributed by atoms with van der Waals surface area (Å²) in [5, 5.41) is 0.396. The zero-order chi connectivity index (χ0) is 13.9. The minimum atomic E-state index is 0.396. The third-order valence-corrected chi connectivity index (χ3v) is 4.99. The standard InChI is InChI=1S/C15H32NOS/c1-5-9-10-11-12-15(17)18-14-13-16(6-2,7-3)8-4/h5-14H2,1-4H3/q+1. The minimum Gasteiger partial charge on any atom is -0.324 e. The zero-order valence-electron chi connectivity index (χ0n) is 12.8. The Hall–Kier alpha value is -0.0200. The molecule has 0 aliphatic rings. The zero-order valence-corrected chi connectivity index (χ0v) is 13.7. The summed E-state index contributed by atoms with van der Waals surface area (Å²) in [4.78, 5) is 11.7. The third kappa shape index (κ3) is 7.42. The second-order valence-electron chi connectivity index (χ2n) is 5.05. The second kappa shape index (κ2) is 10.9. The summed E-state index contributed by atoms with van der Waals surface area (Å²) in [7, 11) is 0. The number of carbonyl (C=O) groups excluding carboxylic acids is 1. The molecular weight excluding hydrogens is 242 g/mol. The molecule has 0 fully saturated rings. The predicted octanol–water partition coefficient (Wildman–Crippen LogP) is 4.09. The number of nitrogens with zero attached hydrogens (tertiary/aromatic N) is 1. The quantitative estimate of drug-likeness (QED) is 0.417. The van der Waals surface area contributed by atoms with E-state index in [1.54, 1.807) is 11.8 Å². The normalized spacial score (nSPS) is 11.8. The highest BCUT2D eigenvalue weighted by Gasteiger charge is 2.20. The largest absolute Gasteiger partial charge is 0.324 e. The van der Waals surface area contributed by atoms with Crippen molar-refractivity contribution in [2.75, 3.05) is 31.9 Å². The maximum absolute atomic E-state index is 11.7. The number of hydrogen-bond acceptors (Lipinski definition) is 2. The Balaban J connectivity index is 3.72. The molecule has 0 aliphatic heterocycles. The van der Waals surface area contributed by atoms with E-state index >= 15 is 0 Å². The summed E-state index contributed by atoms with van der Waals surface area (Å²) in [6.07, 6.45) is 5.57. The van der Waals surface area contributed by atoms with E-state index in [-0.39, 0.29) is 0 Å². The van der Waals surface area contributed by atoms with Gasteiger partial charge >= 0.3 is 0 Å². The molecule has 0 N–H and O–H groups in total. The highest BCUT2D eigenvalue weighted by Crippen LogP contribution is 2.14. The van der Waals surface area contributed by atoms with E-state index in [2.05, 4.69) is 27.7 Å². The van der Waals surface area contributed by atoms with Crippen molar-refractivity contribution in [2.45, 2.75) is 59.8 Å². The first-order valence-corrected chi connectivity index (χ1v) is 8.63. The van der Waals surface area contributed by atoms with Gasteiger partial charge in [0.1, 0.15) is 0 Å². The van der Waals surface area contributed by atoms with Gasteiger partial charge in [-0.3, -0.25) is 4.79 Å². The Labute approximate surface area is 118 Å². The van der Waals surface area contributed by atoms with Crippen LogP contribution in [0.4, 0.5) is 0 Å². The summed E-state index contributed by atoms with van der Waals surface area (Å²) < 4.78 is 1.15. The number of thioether (sulfide) groups is 1. The van der Waals surface area contributed by atoms with E-state index in [1.807, 2.05) is 0 Å². The molecule has 3 heteroatoms. The first-order valence-electron chi connectivity index (χ1n) is 7.64. The number of carbonyl (C=O) groups is 1. The molecule has 2 nitrogen and oxygen atoms in total. The van der Waals surface area contributed by atoms with E-state index in [4.69, 9.17) is 0 Å². The van der Waals surface area contributed by atoms with Gasteiger partial charge in [-0.1, -0.05) is 37.9 Å². The molecule has 0 atom stereocenters. The average molecular weight is 274 g/mol. The van der Waals surface area contributed by atoms with E-state index in [0.717, 1.165) is 29.6 Å². The van der Waals surface area contributed by atoms with Crippen molar-refractivity contribution in [2.24, 2.45) is 0 Å². The lowest BCUT2D eigenvalue weighted by Gasteiger charge is -2.35. The highest BCUT2D eigenvalue weighted by molar-refractivity contribution is 8.13. The molecule has 0 aromatic rings. The Morgan fingerprint density at radius 1 is 0.944 bits per heavy atom. The molecule has 0 aromatic carbocycles. The number of quaternary nitrogens is 1. The minimum absolute atomic E-state index is 0.396. The van der Waals surface area contributed by atoms with Gasteiger partial charge in [0.05, 0.1) is 31.9 Å². The van der Waals surface area contributed by atoms with Crippen LogP contribution >= 0.6 is 11.8 Å². The summed E-state index contributed by atoms with van der Waals surface area (Å²) in [6.45, 7) is 13.6. The van der Waals surface area contributed by atoms with Gasteiger partial charge in [0, 0.05) is 6.42 Å². The van der Waals surface area contributed by atoms with E-state index in [9.17, 15) is 4.79 Å². The maximum Gasteiger partial charge on any atom is 0.189 e. The summed E-state index contributed by atoms with van der Waals surface area (Å²) in [6, 6.07) is 0. The molecule has 0 saturated carbocycles. The van der Waals surface area contributed by atoms with Crippen molar-refractivity contribution < 1.29 is 9.28 Å². The summed E-state index contributed by atoms with van der Waals surface area (Å²) in [5.41, 5.74) is 0. The van der Waals surface area contributed by atoms with Gasteiger partial charge < -0.3 is 4.48 Å². The molecule has 0 spiro atoms. The fraction of sp³-hybridized carbons (Fsp3) is 0.933. The van der Waals surface area contributed by atoms with E-state index in [0.29, 0.717) is 5.12 Å². The molecule has 0 bridgehead atoms. The smallest absolute Gasteiger partial charge is 0.189 e. The number of unbranched alkanes of at least 4 members (excludes halogenated alkanes) is 3. The monoisotopic (exact) mass is 274 g/mol. The van der Waals surface area contributed by atoms with Crippen LogP contribution in [0.3, 0.4) is 0 Å². The van der Waals surface area contributed by atoms with Gasteiger partial charge in [0.2, 0.25) is 0 Å². The molecule has 0 saturated heterocycles. The van der Waals surface area contributed by atoms with Gasteiger partial charge in [-0.15, -0.1) is 0 Å². The molecule has 0 heterocycles. The second-order valence-corrected chi connectivity index (χ2v) is 6.20. The Morgan fingerprint density at radius 2 is 1.56 bits per heavy atom. The lowest BCUT2D eigenvalue weighted by molar-refractivity contribution is -0.920. The van der Waals surface area contributed by atoms with Crippen molar-refractivity contribution in [1.29, 1.82) is 0 Å². The molecule has 0 aliphatic carbocycles. The first-order chi connectivity index (χ1) is 8.64.